The first kappa shape index (κ1) is 22.2. The Labute approximate surface area is 189 Å². The molecule has 2 aliphatic rings. The van der Waals surface area contributed by atoms with Gasteiger partial charge in [0.15, 0.2) is 0 Å². The van der Waals surface area contributed by atoms with Crippen molar-refractivity contribution in [2.45, 2.75) is 89.6 Å². The predicted molar refractivity (Wildman–Crippen MR) is 131 cm³/mol. The van der Waals surface area contributed by atoms with E-state index < -0.39 is 0 Å². The van der Waals surface area contributed by atoms with Crippen molar-refractivity contribution in [3.8, 4) is 5.75 Å². The van der Waals surface area contributed by atoms with E-state index in [1.54, 1.807) is 0 Å². The molecule has 2 saturated carbocycles. The molecule has 0 bridgehead atoms. The molecule has 0 heterocycles. The highest BCUT2D eigenvalue weighted by Crippen LogP contribution is 2.48. The van der Waals surface area contributed by atoms with Gasteiger partial charge in [-0.05, 0) is 86.1 Å². The summed E-state index contributed by atoms with van der Waals surface area (Å²) in [6.07, 6.45) is 16.3. The van der Waals surface area contributed by atoms with Crippen molar-refractivity contribution < 1.29 is 4.74 Å². The van der Waals surface area contributed by atoms with E-state index in [9.17, 15) is 0 Å². The van der Waals surface area contributed by atoms with E-state index in [1.807, 2.05) is 24.3 Å². The summed E-state index contributed by atoms with van der Waals surface area (Å²) in [5.74, 6) is 3.75. The minimum absolute atomic E-state index is 0.203. The van der Waals surface area contributed by atoms with Crippen LogP contribution in [0, 0.1) is 17.8 Å². The highest BCUT2D eigenvalue weighted by molar-refractivity contribution is 5.42. The molecule has 0 atom stereocenters. The van der Waals surface area contributed by atoms with Gasteiger partial charge in [0.1, 0.15) is 11.4 Å². The summed E-state index contributed by atoms with van der Waals surface area (Å²) in [6, 6.07) is 18.8. The van der Waals surface area contributed by atoms with Crippen LogP contribution < -0.4 is 10.5 Å². The maximum Gasteiger partial charge on any atom is 0.134 e. The zero-order valence-corrected chi connectivity index (χ0v) is 19.4. The molecule has 2 aromatic carbocycles. The van der Waals surface area contributed by atoms with Crippen molar-refractivity contribution >= 4 is 5.69 Å². The third-order valence-electron chi connectivity index (χ3n) is 8.11. The van der Waals surface area contributed by atoms with Crippen LogP contribution in [0.4, 0.5) is 5.69 Å². The molecule has 2 fully saturated rings. The van der Waals surface area contributed by atoms with Crippen molar-refractivity contribution in [3.63, 3.8) is 0 Å². The predicted octanol–water partition coefficient (Wildman–Crippen LogP) is 8.12. The fourth-order valence-corrected chi connectivity index (χ4v) is 6.16. The summed E-state index contributed by atoms with van der Waals surface area (Å²) >= 11 is 0. The average Bonchev–Trinajstić information content (AvgIpc) is 2.82. The van der Waals surface area contributed by atoms with Gasteiger partial charge in [-0.3, -0.25) is 0 Å². The zero-order valence-electron chi connectivity index (χ0n) is 19.4. The summed E-state index contributed by atoms with van der Waals surface area (Å²) < 4.78 is 6.74. The van der Waals surface area contributed by atoms with Crippen molar-refractivity contribution in [2.24, 2.45) is 17.8 Å². The van der Waals surface area contributed by atoms with E-state index >= 15 is 0 Å². The van der Waals surface area contributed by atoms with Crippen LogP contribution in [0.2, 0.25) is 0 Å². The fourth-order valence-electron chi connectivity index (χ4n) is 6.16. The molecule has 168 valence electrons. The van der Waals surface area contributed by atoms with Crippen LogP contribution >= 0.6 is 0 Å². The number of nitrogen functional groups attached to an aromatic ring is 1. The number of anilines is 1. The lowest BCUT2D eigenvalue weighted by molar-refractivity contribution is -0.00341. The van der Waals surface area contributed by atoms with Crippen LogP contribution in [0.1, 0.15) is 89.5 Å². The Morgan fingerprint density at radius 1 is 0.806 bits per heavy atom. The third-order valence-corrected chi connectivity index (χ3v) is 8.11. The second-order valence-corrected chi connectivity index (χ2v) is 10.1. The normalized spacial score (nSPS) is 28.9. The van der Waals surface area contributed by atoms with Crippen LogP contribution in [0.3, 0.4) is 0 Å². The molecule has 2 N–H and O–H groups in total. The van der Waals surface area contributed by atoms with E-state index in [2.05, 4.69) is 37.3 Å². The molecule has 0 spiro atoms. The van der Waals surface area contributed by atoms with Gasteiger partial charge < -0.3 is 10.5 Å². The number of hydrogen-bond acceptors (Lipinski definition) is 2. The molecule has 2 heteroatoms. The molecule has 0 unspecified atom stereocenters. The summed E-state index contributed by atoms with van der Waals surface area (Å²) in [4.78, 5) is 0. The number of ether oxygens (including phenoxy) is 1. The molecule has 0 amide bonds. The quantitative estimate of drug-likeness (QED) is 0.346. The molecule has 0 radical (unpaired) electrons. The first-order chi connectivity index (χ1) is 15.2. The van der Waals surface area contributed by atoms with Gasteiger partial charge in [-0.2, -0.15) is 0 Å². The molecule has 2 nitrogen and oxygen atoms in total. The second kappa shape index (κ2) is 10.6. The lowest BCUT2D eigenvalue weighted by Gasteiger charge is -2.44. The second-order valence-electron chi connectivity index (χ2n) is 10.1. The minimum Gasteiger partial charge on any atom is -0.483 e. The van der Waals surface area contributed by atoms with Crippen LogP contribution in [0.5, 0.6) is 5.75 Å². The largest absolute Gasteiger partial charge is 0.483 e. The molecule has 2 aliphatic carbocycles. The van der Waals surface area contributed by atoms with Crippen molar-refractivity contribution in [1.29, 1.82) is 0 Å². The van der Waals surface area contributed by atoms with Gasteiger partial charge in [-0.15, -0.1) is 0 Å². The Hall–Kier alpha value is -1.96. The Morgan fingerprint density at radius 2 is 1.45 bits per heavy atom. The molecule has 0 saturated heterocycles. The van der Waals surface area contributed by atoms with Crippen LogP contribution in [-0.2, 0) is 5.60 Å². The molecule has 31 heavy (non-hydrogen) atoms. The van der Waals surface area contributed by atoms with Gasteiger partial charge in [0.2, 0.25) is 0 Å². The van der Waals surface area contributed by atoms with Gasteiger partial charge in [0.25, 0.3) is 0 Å². The number of benzene rings is 2. The molecule has 4 rings (SSSR count). The standard InChI is InChI=1S/C29H41NO/c1-2-3-5-8-23-11-13-24(14-12-23)25-19-21-29(22-20-25,26-9-6-4-7-10-26)31-28-17-15-27(30)16-18-28/h4,6-7,9-10,15-18,23-25H,2-3,5,8,11-14,19-22,30H2,1H3. The first-order valence-corrected chi connectivity index (χ1v) is 12.8. The lowest BCUT2D eigenvalue weighted by atomic mass is 9.66. The van der Waals surface area contributed by atoms with Crippen LogP contribution in [0.15, 0.2) is 54.6 Å². The Morgan fingerprint density at radius 3 is 2.10 bits per heavy atom. The third kappa shape index (κ3) is 5.64. The first-order valence-electron chi connectivity index (χ1n) is 12.8. The van der Waals surface area contributed by atoms with Crippen LogP contribution in [0.25, 0.3) is 0 Å². The lowest BCUT2D eigenvalue weighted by Crippen LogP contribution is -2.39. The Kier molecular flexibility index (Phi) is 7.58. The van der Waals surface area contributed by atoms with Crippen molar-refractivity contribution in [3.05, 3.63) is 60.2 Å². The smallest absolute Gasteiger partial charge is 0.134 e. The summed E-state index contributed by atoms with van der Waals surface area (Å²) in [7, 11) is 0. The molecule has 0 aliphatic heterocycles. The molecule has 0 aromatic heterocycles. The van der Waals surface area contributed by atoms with Crippen LogP contribution in [-0.4, -0.2) is 0 Å². The summed E-state index contributed by atoms with van der Waals surface area (Å²) in [5.41, 5.74) is 7.80. The molecular weight excluding hydrogens is 378 g/mol. The Bertz CT molecular complexity index is 768. The topological polar surface area (TPSA) is 35.2 Å². The minimum atomic E-state index is -0.203. The highest BCUT2D eigenvalue weighted by atomic mass is 16.5. The van der Waals surface area contributed by atoms with Gasteiger partial charge in [0, 0.05) is 5.69 Å². The van der Waals surface area contributed by atoms with Gasteiger partial charge in [0.05, 0.1) is 0 Å². The Balaban J connectivity index is 1.38. The summed E-state index contributed by atoms with van der Waals surface area (Å²) in [6.45, 7) is 2.31. The van der Waals surface area contributed by atoms with Gasteiger partial charge in [-0.25, -0.2) is 0 Å². The van der Waals surface area contributed by atoms with E-state index in [0.717, 1.165) is 42.0 Å². The molecule has 2 aromatic rings. The number of hydrogen-bond donors (Lipinski definition) is 1. The highest BCUT2D eigenvalue weighted by Gasteiger charge is 2.41. The van der Waals surface area contributed by atoms with Crippen molar-refractivity contribution in [2.75, 3.05) is 5.73 Å². The van der Waals surface area contributed by atoms with E-state index in [-0.39, 0.29) is 5.60 Å². The summed E-state index contributed by atoms with van der Waals surface area (Å²) in [5, 5.41) is 0. The van der Waals surface area contributed by atoms with Crippen molar-refractivity contribution in [1.82, 2.24) is 0 Å². The van der Waals surface area contributed by atoms with Gasteiger partial charge >= 0.3 is 0 Å². The van der Waals surface area contributed by atoms with E-state index in [1.165, 1.54) is 69.8 Å². The number of rotatable bonds is 8. The molecular formula is C29H41NO. The van der Waals surface area contributed by atoms with E-state index in [4.69, 9.17) is 10.5 Å². The zero-order chi connectivity index (χ0) is 21.5. The SMILES string of the molecule is CCCCCC1CCC(C2CCC(Oc3ccc(N)cc3)(c3ccccc3)CC2)CC1. The fraction of sp³-hybridized carbons (Fsp3) is 0.586. The maximum absolute atomic E-state index is 6.74. The maximum atomic E-state index is 6.74. The van der Waals surface area contributed by atoms with Gasteiger partial charge in [-0.1, -0.05) is 75.8 Å². The average molecular weight is 420 g/mol. The van der Waals surface area contributed by atoms with E-state index in [0.29, 0.717) is 0 Å². The number of unbranched alkanes of at least 4 members (excludes halogenated alkanes) is 2. The monoisotopic (exact) mass is 419 g/mol. The number of nitrogens with two attached hydrogens (primary N) is 1.